The predicted molar refractivity (Wildman–Crippen MR) is 106 cm³/mol. The molecule has 1 aromatic carbocycles. The number of methoxy groups -OCH3 is 1. The van der Waals surface area contributed by atoms with Crippen molar-refractivity contribution in [3.8, 4) is 5.75 Å². The number of amides is 1. The van der Waals surface area contributed by atoms with Crippen LogP contribution in [0, 0.1) is 6.92 Å². The van der Waals surface area contributed by atoms with E-state index in [1.165, 1.54) is 0 Å². The third-order valence-electron chi connectivity index (χ3n) is 4.95. The van der Waals surface area contributed by atoms with Crippen molar-refractivity contribution in [1.29, 1.82) is 0 Å². The highest BCUT2D eigenvalue weighted by Crippen LogP contribution is 2.28. The summed E-state index contributed by atoms with van der Waals surface area (Å²) in [6.07, 6.45) is 1.75. The Morgan fingerprint density at radius 3 is 2.59 bits per heavy atom. The number of aryl methyl sites for hydroxylation is 1. The van der Waals surface area contributed by atoms with Gasteiger partial charge in [-0.05, 0) is 31.2 Å². The fourth-order valence-corrected chi connectivity index (χ4v) is 3.75. The highest BCUT2D eigenvalue weighted by molar-refractivity contribution is 6.30. The molecule has 1 fully saturated rings. The van der Waals surface area contributed by atoms with Crippen LogP contribution in [0.5, 0.6) is 5.75 Å². The number of nitrogens with zero attached hydrogens (tertiary/aromatic N) is 4. The second kappa shape index (κ2) is 7.12. The molecule has 0 N–H and O–H groups in total. The van der Waals surface area contributed by atoms with Gasteiger partial charge in [0.25, 0.3) is 5.91 Å². The van der Waals surface area contributed by atoms with Gasteiger partial charge < -0.3 is 14.5 Å². The summed E-state index contributed by atoms with van der Waals surface area (Å²) in [5.41, 5.74) is 3.09. The van der Waals surface area contributed by atoms with E-state index < -0.39 is 0 Å². The summed E-state index contributed by atoms with van der Waals surface area (Å²) in [5, 5.41) is 0.579. The highest BCUT2D eigenvalue weighted by Gasteiger charge is 2.27. The first-order chi connectivity index (χ1) is 13.1. The van der Waals surface area contributed by atoms with Crippen molar-refractivity contribution in [2.75, 3.05) is 38.2 Å². The number of carbonyl (C=O) groups is 1. The Kier molecular flexibility index (Phi) is 4.66. The van der Waals surface area contributed by atoms with Gasteiger partial charge in [0.05, 0.1) is 23.5 Å². The third-order valence-corrected chi connectivity index (χ3v) is 5.18. The lowest BCUT2D eigenvalue weighted by Gasteiger charge is -2.36. The number of benzene rings is 1. The number of hydrogen-bond donors (Lipinski definition) is 0. The van der Waals surface area contributed by atoms with E-state index in [1.807, 2.05) is 42.2 Å². The number of fused-ring (bicyclic) bond motifs is 1. The molecule has 3 heterocycles. The number of hydrogen-bond acceptors (Lipinski definition) is 4. The molecule has 1 amide bonds. The van der Waals surface area contributed by atoms with Gasteiger partial charge in [-0.3, -0.25) is 9.20 Å². The molecule has 4 rings (SSSR count). The monoisotopic (exact) mass is 384 g/mol. The second-order valence-corrected chi connectivity index (χ2v) is 7.01. The van der Waals surface area contributed by atoms with Crippen molar-refractivity contribution < 1.29 is 9.53 Å². The molecule has 0 radical (unpaired) electrons. The van der Waals surface area contributed by atoms with Crippen molar-refractivity contribution in [3.05, 3.63) is 59.0 Å². The van der Waals surface area contributed by atoms with E-state index in [0.29, 0.717) is 23.8 Å². The molecule has 2 aromatic heterocycles. The van der Waals surface area contributed by atoms with Gasteiger partial charge in [0, 0.05) is 32.4 Å². The zero-order chi connectivity index (χ0) is 19.0. The molecule has 0 atom stereocenters. The molecule has 0 aliphatic carbocycles. The average molecular weight is 385 g/mol. The van der Waals surface area contributed by atoms with E-state index in [0.717, 1.165) is 35.9 Å². The number of para-hydroxylation sites is 2. The fourth-order valence-electron chi connectivity index (χ4n) is 3.59. The number of pyridine rings is 1. The number of rotatable bonds is 3. The molecule has 6 nitrogen and oxygen atoms in total. The normalized spacial score (nSPS) is 14.6. The largest absolute Gasteiger partial charge is 0.495 e. The summed E-state index contributed by atoms with van der Waals surface area (Å²) in [6, 6.07) is 11.6. The molecule has 27 heavy (non-hydrogen) atoms. The van der Waals surface area contributed by atoms with Gasteiger partial charge >= 0.3 is 0 Å². The number of aromatic nitrogens is 2. The lowest BCUT2D eigenvalue weighted by molar-refractivity contribution is 0.0739. The van der Waals surface area contributed by atoms with Gasteiger partial charge in [-0.15, -0.1) is 0 Å². The van der Waals surface area contributed by atoms with Gasteiger partial charge in [-0.1, -0.05) is 23.7 Å². The Balaban J connectivity index is 1.54. The van der Waals surface area contributed by atoms with Crippen LogP contribution in [0.3, 0.4) is 0 Å². The van der Waals surface area contributed by atoms with E-state index >= 15 is 0 Å². The number of piperazine rings is 1. The minimum absolute atomic E-state index is 0.0121. The second-order valence-electron chi connectivity index (χ2n) is 6.57. The lowest BCUT2D eigenvalue weighted by Crippen LogP contribution is -2.49. The van der Waals surface area contributed by atoms with Gasteiger partial charge in [-0.25, -0.2) is 4.98 Å². The number of halogens is 1. The van der Waals surface area contributed by atoms with E-state index in [2.05, 4.69) is 9.88 Å². The van der Waals surface area contributed by atoms with E-state index in [4.69, 9.17) is 16.3 Å². The first-order valence-corrected chi connectivity index (χ1v) is 9.27. The van der Waals surface area contributed by atoms with Crippen LogP contribution in [0.25, 0.3) is 5.65 Å². The standard InChI is InChI=1S/C20H21ClN4O2/c1-14-19(25-13-15(21)7-8-18(25)22-14)20(26)24-11-9-23(10-12-24)16-5-3-4-6-17(16)27-2/h3-8,13H,9-12H2,1-2H3. The molecule has 7 heteroatoms. The van der Waals surface area contributed by atoms with Crippen LogP contribution < -0.4 is 9.64 Å². The van der Waals surface area contributed by atoms with Crippen molar-refractivity contribution in [2.24, 2.45) is 0 Å². The predicted octanol–water partition coefficient (Wildman–Crippen LogP) is 3.27. The molecule has 0 unspecified atom stereocenters. The summed E-state index contributed by atoms with van der Waals surface area (Å²) in [5.74, 6) is 0.839. The van der Waals surface area contributed by atoms with Crippen LogP contribution in [0.4, 0.5) is 5.69 Å². The van der Waals surface area contributed by atoms with Gasteiger partial charge in [0.1, 0.15) is 17.1 Å². The van der Waals surface area contributed by atoms with Crippen LogP contribution in [0.1, 0.15) is 16.2 Å². The zero-order valence-electron chi connectivity index (χ0n) is 15.4. The molecule has 1 aliphatic heterocycles. The molecule has 140 valence electrons. The molecule has 1 saturated heterocycles. The van der Waals surface area contributed by atoms with Crippen LogP contribution >= 0.6 is 11.6 Å². The van der Waals surface area contributed by atoms with E-state index in [-0.39, 0.29) is 5.91 Å². The minimum Gasteiger partial charge on any atom is -0.495 e. The Hall–Kier alpha value is -2.73. The van der Waals surface area contributed by atoms with E-state index in [9.17, 15) is 4.79 Å². The fraction of sp³-hybridized carbons (Fsp3) is 0.300. The summed E-state index contributed by atoms with van der Waals surface area (Å²) in [6.45, 7) is 4.65. The SMILES string of the molecule is COc1ccccc1N1CCN(C(=O)c2c(C)nc3ccc(Cl)cn23)CC1. The Labute approximate surface area is 162 Å². The highest BCUT2D eigenvalue weighted by atomic mass is 35.5. The average Bonchev–Trinajstić information content (AvgIpc) is 3.02. The summed E-state index contributed by atoms with van der Waals surface area (Å²) < 4.78 is 7.24. The van der Waals surface area contributed by atoms with Crippen molar-refractivity contribution in [1.82, 2.24) is 14.3 Å². The Bertz CT molecular complexity index is 993. The van der Waals surface area contributed by atoms with Gasteiger partial charge in [-0.2, -0.15) is 0 Å². The third kappa shape index (κ3) is 3.21. The lowest BCUT2D eigenvalue weighted by atomic mass is 10.2. The number of anilines is 1. The molecule has 0 bridgehead atoms. The maximum Gasteiger partial charge on any atom is 0.272 e. The van der Waals surface area contributed by atoms with Gasteiger partial charge in [0.2, 0.25) is 0 Å². The van der Waals surface area contributed by atoms with Crippen LogP contribution in [0.2, 0.25) is 5.02 Å². The smallest absolute Gasteiger partial charge is 0.272 e. The number of carbonyl (C=O) groups excluding carboxylic acids is 1. The molecular formula is C20H21ClN4O2. The summed E-state index contributed by atoms with van der Waals surface area (Å²) >= 11 is 6.11. The van der Waals surface area contributed by atoms with Crippen molar-refractivity contribution in [2.45, 2.75) is 6.92 Å². The first kappa shape index (κ1) is 17.7. The van der Waals surface area contributed by atoms with Gasteiger partial charge in [0.15, 0.2) is 0 Å². The maximum absolute atomic E-state index is 13.2. The first-order valence-electron chi connectivity index (χ1n) is 8.90. The van der Waals surface area contributed by atoms with Crippen LogP contribution in [-0.4, -0.2) is 53.5 Å². The van der Waals surface area contributed by atoms with E-state index in [1.54, 1.807) is 23.8 Å². The summed E-state index contributed by atoms with van der Waals surface area (Å²) in [4.78, 5) is 21.8. The Morgan fingerprint density at radius 1 is 1.11 bits per heavy atom. The Morgan fingerprint density at radius 2 is 1.85 bits per heavy atom. The van der Waals surface area contributed by atoms with Crippen LogP contribution in [0.15, 0.2) is 42.6 Å². The quantitative estimate of drug-likeness (QED) is 0.695. The van der Waals surface area contributed by atoms with Crippen molar-refractivity contribution >= 4 is 28.8 Å². The minimum atomic E-state index is -0.0121. The molecule has 0 saturated carbocycles. The zero-order valence-corrected chi connectivity index (χ0v) is 16.1. The number of imidazole rings is 1. The molecule has 1 aliphatic rings. The van der Waals surface area contributed by atoms with Crippen LogP contribution in [-0.2, 0) is 0 Å². The molecular weight excluding hydrogens is 364 g/mol. The molecule has 0 spiro atoms. The molecule has 3 aromatic rings. The number of ether oxygens (including phenoxy) is 1. The maximum atomic E-state index is 13.2. The van der Waals surface area contributed by atoms with Crippen molar-refractivity contribution in [3.63, 3.8) is 0 Å². The topological polar surface area (TPSA) is 50.1 Å². The summed E-state index contributed by atoms with van der Waals surface area (Å²) in [7, 11) is 1.68.